The van der Waals surface area contributed by atoms with E-state index < -0.39 is 0 Å². The zero-order chi connectivity index (χ0) is 13.8. The second kappa shape index (κ2) is 8.13. The van der Waals surface area contributed by atoms with Crippen LogP contribution in [0.1, 0.15) is 18.7 Å². The molecule has 0 saturated carbocycles. The maximum atomic E-state index is 5.44. The molecular formula is C15H27ClN4O. The van der Waals surface area contributed by atoms with Crippen LogP contribution in [0.2, 0.25) is 0 Å². The van der Waals surface area contributed by atoms with Gasteiger partial charge < -0.3 is 14.2 Å². The van der Waals surface area contributed by atoms with Crippen molar-refractivity contribution in [1.82, 2.24) is 19.4 Å². The van der Waals surface area contributed by atoms with E-state index in [9.17, 15) is 0 Å². The molecule has 120 valence electrons. The molecule has 3 heterocycles. The van der Waals surface area contributed by atoms with E-state index in [1.54, 1.807) is 0 Å². The molecular weight excluding hydrogens is 288 g/mol. The van der Waals surface area contributed by atoms with Crippen LogP contribution < -0.4 is 0 Å². The summed E-state index contributed by atoms with van der Waals surface area (Å²) in [5.41, 5.74) is 0. The Kier molecular flexibility index (Phi) is 6.48. The maximum Gasteiger partial charge on any atom is 0.122 e. The first-order valence-corrected chi connectivity index (χ1v) is 7.80. The fourth-order valence-electron chi connectivity index (χ4n) is 3.17. The fourth-order valence-corrected chi connectivity index (χ4v) is 3.17. The lowest BCUT2D eigenvalue weighted by atomic mass is 9.99. The molecule has 0 spiro atoms. The van der Waals surface area contributed by atoms with Crippen LogP contribution in [0.5, 0.6) is 0 Å². The van der Waals surface area contributed by atoms with Crippen LogP contribution in [0.3, 0.4) is 0 Å². The third-order valence-electron chi connectivity index (χ3n) is 4.61. The predicted molar refractivity (Wildman–Crippen MR) is 85.7 cm³/mol. The Hall–Kier alpha value is -0.620. The molecule has 3 rings (SSSR count). The number of aromatic nitrogens is 2. The smallest absolute Gasteiger partial charge is 0.122 e. The monoisotopic (exact) mass is 314 g/mol. The third-order valence-corrected chi connectivity index (χ3v) is 4.61. The summed E-state index contributed by atoms with van der Waals surface area (Å²) < 4.78 is 7.56. The van der Waals surface area contributed by atoms with Crippen LogP contribution in [-0.4, -0.2) is 65.3 Å². The van der Waals surface area contributed by atoms with E-state index in [0.717, 1.165) is 38.8 Å². The van der Waals surface area contributed by atoms with Gasteiger partial charge in [-0.25, -0.2) is 4.98 Å². The highest BCUT2D eigenvalue weighted by Crippen LogP contribution is 2.17. The van der Waals surface area contributed by atoms with Gasteiger partial charge in [-0.05, 0) is 18.8 Å². The molecule has 0 bridgehead atoms. The first kappa shape index (κ1) is 16.7. The van der Waals surface area contributed by atoms with Crippen LogP contribution in [0.4, 0.5) is 0 Å². The molecule has 2 fully saturated rings. The predicted octanol–water partition coefficient (Wildman–Crippen LogP) is 1.39. The third kappa shape index (κ3) is 4.68. The molecule has 0 aromatic carbocycles. The second-order valence-electron chi connectivity index (χ2n) is 6.09. The standard InChI is InChI=1S/C15H26N4O.ClH/c1-17-5-4-16-15(17)13-19-8-6-18(7-9-19)12-14-2-10-20-11-3-14;/h4-5,14H,2-3,6-13H2,1H3;1H. The normalized spacial score (nSPS) is 22.1. The van der Waals surface area contributed by atoms with Crippen LogP contribution in [0.15, 0.2) is 12.4 Å². The van der Waals surface area contributed by atoms with Crippen LogP contribution in [0, 0.1) is 5.92 Å². The van der Waals surface area contributed by atoms with Crippen molar-refractivity contribution in [2.24, 2.45) is 13.0 Å². The number of hydrogen-bond donors (Lipinski definition) is 0. The zero-order valence-corrected chi connectivity index (χ0v) is 13.7. The summed E-state index contributed by atoms with van der Waals surface area (Å²) in [7, 11) is 2.07. The summed E-state index contributed by atoms with van der Waals surface area (Å²) in [5.74, 6) is 2.02. The molecule has 2 aliphatic heterocycles. The summed E-state index contributed by atoms with van der Waals surface area (Å²) in [6.45, 7) is 8.89. The molecule has 0 N–H and O–H groups in total. The number of imidazole rings is 1. The van der Waals surface area contributed by atoms with Gasteiger partial charge in [0, 0.05) is 65.4 Å². The average Bonchev–Trinajstić information content (AvgIpc) is 2.88. The van der Waals surface area contributed by atoms with Crippen molar-refractivity contribution in [3.05, 3.63) is 18.2 Å². The van der Waals surface area contributed by atoms with Crippen molar-refractivity contribution >= 4 is 12.4 Å². The highest BCUT2D eigenvalue weighted by Gasteiger charge is 2.22. The number of piperazine rings is 1. The summed E-state index contributed by atoms with van der Waals surface area (Å²) in [6, 6.07) is 0. The number of rotatable bonds is 4. The van der Waals surface area contributed by atoms with Crippen molar-refractivity contribution in [1.29, 1.82) is 0 Å². The van der Waals surface area contributed by atoms with Crippen molar-refractivity contribution in [2.45, 2.75) is 19.4 Å². The zero-order valence-electron chi connectivity index (χ0n) is 12.9. The lowest BCUT2D eigenvalue weighted by molar-refractivity contribution is 0.0411. The molecule has 0 aliphatic carbocycles. The number of nitrogens with zero attached hydrogens (tertiary/aromatic N) is 4. The number of aryl methyl sites for hydroxylation is 1. The van der Waals surface area contributed by atoms with E-state index in [0.29, 0.717) is 0 Å². The second-order valence-corrected chi connectivity index (χ2v) is 6.09. The molecule has 6 heteroatoms. The number of hydrogen-bond acceptors (Lipinski definition) is 4. The quantitative estimate of drug-likeness (QED) is 0.841. The van der Waals surface area contributed by atoms with Crippen LogP contribution in [-0.2, 0) is 18.3 Å². The molecule has 5 nitrogen and oxygen atoms in total. The summed E-state index contributed by atoms with van der Waals surface area (Å²) >= 11 is 0. The molecule has 2 aliphatic rings. The van der Waals surface area contributed by atoms with E-state index in [1.165, 1.54) is 38.3 Å². The summed E-state index contributed by atoms with van der Waals surface area (Å²) in [5, 5.41) is 0. The van der Waals surface area contributed by atoms with Gasteiger partial charge in [0.15, 0.2) is 0 Å². The Morgan fingerprint density at radius 2 is 1.81 bits per heavy atom. The Labute approximate surface area is 133 Å². The van der Waals surface area contributed by atoms with E-state index in [-0.39, 0.29) is 12.4 Å². The minimum Gasteiger partial charge on any atom is -0.381 e. The van der Waals surface area contributed by atoms with Crippen molar-refractivity contribution in [2.75, 3.05) is 45.9 Å². The van der Waals surface area contributed by atoms with E-state index in [2.05, 4.69) is 26.4 Å². The van der Waals surface area contributed by atoms with Gasteiger partial charge in [-0.3, -0.25) is 4.90 Å². The molecule has 1 aromatic heterocycles. The summed E-state index contributed by atoms with van der Waals surface area (Å²) in [6.07, 6.45) is 6.40. The first-order chi connectivity index (χ1) is 9.81. The molecule has 1 aromatic rings. The lowest BCUT2D eigenvalue weighted by Crippen LogP contribution is -2.47. The SMILES string of the molecule is Cl.Cn1ccnc1CN1CCN(CC2CCOCC2)CC1. The first-order valence-electron chi connectivity index (χ1n) is 7.80. The molecule has 0 radical (unpaired) electrons. The molecule has 0 atom stereocenters. The lowest BCUT2D eigenvalue weighted by Gasteiger charge is -2.37. The minimum atomic E-state index is 0. The largest absolute Gasteiger partial charge is 0.381 e. The van der Waals surface area contributed by atoms with E-state index in [1.807, 2.05) is 12.4 Å². The average molecular weight is 315 g/mol. The van der Waals surface area contributed by atoms with Crippen molar-refractivity contribution in [3.8, 4) is 0 Å². The topological polar surface area (TPSA) is 33.5 Å². The van der Waals surface area contributed by atoms with E-state index >= 15 is 0 Å². The minimum absolute atomic E-state index is 0. The van der Waals surface area contributed by atoms with E-state index in [4.69, 9.17) is 4.74 Å². The Morgan fingerprint density at radius 1 is 1.14 bits per heavy atom. The maximum absolute atomic E-state index is 5.44. The Morgan fingerprint density at radius 3 is 2.43 bits per heavy atom. The molecule has 0 unspecified atom stereocenters. The molecule has 0 amide bonds. The van der Waals surface area contributed by atoms with Gasteiger partial charge in [-0.2, -0.15) is 0 Å². The Bertz CT molecular complexity index is 412. The fraction of sp³-hybridized carbons (Fsp3) is 0.800. The number of halogens is 1. The van der Waals surface area contributed by atoms with Gasteiger partial charge in [0.2, 0.25) is 0 Å². The number of ether oxygens (including phenoxy) is 1. The van der Waals surface area contributed by atoms with Gasteiger partial charge in [0.1, 0.15) is 5.82 Å². The van der Waals surface area contributed by atoms with Crippen LogP contribution in [0.25, 0.3) is 0 Å². The summed E-state index contributed by atoms with van der Waals surface area (Å²) in [4.78, 5) is 9.56. The van der Waals surface area contributed by atoms with Crippen molar-refractivity contribution in [3.63, 3.8) is 0 Å². The van der Waals surface area contributed by atoms with Gasteiger partial charge in [-0.1, -0.05) is 0 Å². The van der Waals surface area contributed by atoms with Gasteiger partial charge >= 0.3 is 0 Å². The Balaban J connectivity index is 0.00000161. The van der Waals surface area contributed by atoms with Gasteiger partial charge in [0.25, 0.3) is 0 Å². The highest BCUT2D eigenvalue weighted by atomic mass is 35.5. The molecule has 2 saturated heterocycles. The van der Waals surface area contributed by atoms with Crippen LogP contribution >= 0.6 is 12.4 Å². The highest BCUT2D eigenvalue weighted by molar-refractivity contribution is 5.85. The van der Waals surface area contributed by atoms with Crippen molar-refractivity contribution < 1.29 is 4.74 Å². The van der Waals surface area contributed by atoms with Gasteiger partial charge in [-0.15, -0.1) is 12.4 Å². The van der Waals surface area contributed by atoms with Gasteiger partial charge in [0.05, 0.1) is 6.54 Å². The molecule has 21 heavy (non-hydrogen) atoms.